The normalized spacial score (nSPS) is 11.6. The lowest BCUT2D eigenvalue weighted by atomic mass is 10.00. The molecular formula is C40H25N3O. The van der Waals surface area contributed by atoms with Crippen molar-refractivity contribution in [3.8, 4) is 39.6 Å². The fourth-order valence-electron chi connectivity index (χ4n) is 6.34. The molecule has 9 rings (SSSR count). The minimum Gasteiger partial charge on any atom is -0.456 e. The number of benzene rings is 6. The molecule has 0 bridgehead atoms. The van der Waals surface area contributed by atoms with Crippen LogP contribution in [0.25, 0.3) is 83.3 Å². The molecule has 0 N–H and O–H groups in total. The van der Waals surface area contributed by atoms with Crippen molar-refractivity contribution in [2.75, 3.05) is 0 Å². The Bertz CT molecular complexity index is 2450. The van der Waals surface area contributed by atoms with Gasteiger partial charge in [0.15, 0.2) is 0 Å². The van der Waals surface area contributed by atoms with Gasteiger partial charge >= 0.3 is 0 Å². The Morgan fingerprint density at radius 1 is 0.386 bits per heavy atom. The van der Waals surface area contributed by atoms with Gasteiger partial charge in [-0.2, -0.15) is 0 Å². The van der Waals surface area contributed by atoms with E-state index >= 15 is 0 Å². The predicted molar refractivity (Wildman–Crippen MR) is 180 cm³/mol. The van der Waals surface area contributed by atoms with E-state index in [-0.39, 0.29) is 0 Å². The molecule has 6 aromatic carbocycles. The van der Waals surface area contributed by atoms with Gasteiger partial charge in [0.2, 0.25) is 5.95 Å². The molecule has 9 aromatic rings. The van der Waals surface area contributed by atoms with E-state index in [0.717, 1.165) is 66.6 Å². The average molecular weight is 564 g/mol. The zero-order valence-electron chi connectivity index (χ0n) is 23.7. The quantitative estimate of drug-likeness (QED) is 0.214. The highest BCUT2D eigenvalue weighted by Gasteiger charge is 2.17. The summed E-state index contributed by atoms with van der Waals surface area (Å²) in [4.78, 5) is 10.4. The molecule has 44 heavy (non-hydrogen) atoms. The molecule has 3 aromatic heterocycles. The number of nitrogens with zero attached hydrogens (tertiary/aromatic N) is 3. The predicted octanol–water partition coefficient (Wildman–Crippen LogP) is 10.5. The van der Waals surface area contributed by atoms with E-state index in [1.807, 2.05) is 36.4 Å². The Hall–Kier alpha value is -6.00. The van der Waals surface area contributed by atoms with E-state index in [9.17, 15) is 0 Å². The highest BCUT2D eigenvalue weighted by molar-refractivity contribution is 6.09. The molecule has 0 unspecified atom stereocenters. The van der Waals surface area contributed by atoms with Gasteiger partial charge in [-0.3, -0.25) is 4.57 Å². The van der Waals surface area contributed by atoms with Gasteiger partial charge in [0, 0.05) is 32.7 Å². The molecule has 4 nitrogen and oxygen atoms in total. The number of para-hydroxylation sites is 3. The maximum Gasteiger partial charge on any atom is 0.235 e. The Morgan fingerprint density at radius 2 is 0.955 bits per heavy atom. The van der Waals surface area contributed by atoms with Crippen LogP contribution in [0.1, 0.15) is 0 Å². The first-order valence-corrected chi connectivity index (χ1v) is 14.8. The summed E-state index contributed by atoms with van der Waals surface area (Å²) in [7, 11) is 0. The van der Waals surface area contributed by atoms with Crippen molar-refractivity contribution in [2.24, 2.45) is 0 Å². The third-order valence-corrected chi connectivity index (χ3v) is 8.43. The molecule has 0 aliphatic rings. The first kappa shape index (κ1) is 24.6. The molecule has 0 aliphatic heterocycles. The van der Waals surface area contributed by atoms with E-state index in [1.165, 1.54) is 10.8 Å². The Labute approximate surface area is 253 Å². The molecule has 0 fully saturated rings. The minimum atomic E-state index is 0.646. The van der Waals surface area contributed by atoms with Gasteiger partial charge < -0.3 is 4.42 Å². The summed E-state index contributed by atoms with van der Waals surface area (Å²) in [5.74, 6) is 0.646. The van der Waals surface area contributed by atoms with Gasteiger partial charge in [0.05, 0.1) is 22.4 Å². The summed E-state index contributed by atoms with van der Waals surface area (Å²) in [5, 5.41) is 4.62. The topological polar surface area (TPSA) is 43.9 Å². The van der Waals surface area contributed by atoms with Gasteiger partial charge in [-0.1, -0.05) is 109 Å². The fourth-order valence-corrected chi connectivity index (χ4v) is 6.34. The van der Waals surface area contributed by atoms with Crippen molar-refractivity contribution in [1.29, 1.82) is 0 Å². The van der Waals surface area contributed by atoms with Crippen LogP contribution in [0, 0.1) is 0 Å². The summed E-state index contributed by atoms with van der Waals surface area (Å²) in [6.07, 6.45) is 0. The zero-order chi connectivity index (χ0) is 29.0. The van der Waals surface area contributed by atoms with E-state index in [0.29, 0.717) is 5.95 Å². The van der Waals surface area contributed by atoms with E-state index < -0.39 is 0 Å². The van der Waals surface area contributed by atoms with E-state index in [4.69, 9.17) is 14.4 Å². The van der Waals surface area contributed by atoms with Crippen molar-refractivity contribution >= 4 is 43.7 Å². The molecule has 4 heteroatoms. The monoisotopic (exact) mass is 563 g/mol. The van der Waals surface area contributed by atoms with Crippen molar-refractivity contribution in [3.63, 3.8) is 0 Å². The maximum absolute atomic E-state index is 6.20. The second-order valence-electron chi connectivity index (χ2n) is 11.1. The number of aromatic nitrogens is 3. The smallest absolute Gasteiger partial charge is 0.235 e. The highest BCUT2D eigenvalue weighted by atomic mass is 16.3. The lowest BCUT2D eigenvalue weighted by Crippen LogP contribution is -2.04. The molecule has 0 aliphatic carbocycles. The van der Waals surface area contributed by atoms with Crippen molar-refractivity contribution in [3.05, 3.63) is 152 Å². The average Bonchev–Trinajstić information content (AvgIpc) is 3.64. The largest absolute Gasteiger partial charge is 0.456 e. The lowest BCUT2D eigenvalue weighted by Gasteiger charge is -2.12. The van der Waals surface area contributed by atoms with E-state index in [2.05, 4.69) is 120 Å². The van der Waals surface area contributed by atoms with Crippen LogP contribution in [0.15, 0.2) is 156 Å². The SMILES string of the molecule is c1ccc(-c2cc(-c3cccc(-c4ccc5c(c4)oc4ccccc45)c3)nc(-n3c4ccccc4c4ccccc43)n2)cc1. The Kier molecular flexibility index (Phi) is 5.47. The molecule has 3 heterocycles. The second kappa shape index (κ2) is 9.79. The van der Waals surface area contributed by atoms with Gasteiger partial charge in [-0.25, -0.2) is 9.97 Å². The van der Waals surface area contributed by atoms with Crippen LogP contribution in [0.3, 0.4) is 0 Å². The Morgan fingerprint density at radius 3 is 1.73 bits per heavy atom. The van der Waals surface area contributed by atoms with Gasteiger partial charge in [-0.15, -0.1) is 0 Å². The summed E-state index contributed by atoms with van der Waals surface area (Å²) >= 11 is 0. The van der Waals surface area contributed by atoms with Crippen LogP contribution in [0.4, 0.5) is 0 Å². The van der Waals surface area contributed by atoms with E-state index in [1.54, 1.807) is 0 Å². The molecule has 0 atom stereocenters. The standard InChI is InChI=1S/C40H25N3O/c1-2-11-26(12-3-1)34-25-35(42-40(41-34)43-36-18-7-4-15-30(36)31-16-5-8-19-37(31)43)29-14-10-13-27(23-29)28-21-22-33-32-17-6-9-20-38(32)44-39(33)24-28/h1-25H. The van der Waals surface area contributed by atoms with Crippen LogP contribution < -0.4 is 0 Å². The maximum atomic E-state index is 6.20. The molecule has 0 saturated carbocycles. The van der Waals surface area contributed by atoms with Gasteiger partial charge in [-0.05, 0) is 53.6 Å². The summed E-state index contributed by atoms with van der Waals surface area (Å²) < 4.78 is 8.38. The second-order valence-corrected chi connectivity index (χ2v) is 11.1. The van der Waals surface area contributed by atoms with Crippen LogP contribution >= 0.6 is 0 Å². The first-order valence-electron chi connectivity index (χ1n) is 14.8. The van der Waals surface area contributed by atoms with Gasteiger partial charge in [0.1, 0.15) is 11.2 Å². The van der Waals surface area contributed by atoms with Crippen molar-refractivity contribution < 1.29 is 4.42 Å². The fraction of sp³-hybridized carbons (Fsp3) is 0. The van der Waals surface area contributed by atoms with Gasteiger partial charge in [0.25, 0.3) is 0 Å². The molecular weight excluding hydrogens is 538 g/mol. The number of hydrogen-bond donors (Lipinski definition) is 0. The third kappa shape index (κ3) is 3.92. The molecule has 0 radical (unpaired) electrons. The lowest BCUT2D eigenvalue weighted by molar-refractivity contribution is 0.669. The highest BCUT2D eigenvalue weighted by Crippen LogP contribution is 2.35. The summed E-state index contributed by atoms with van der Waals surface area (Å²) in [5.41, 5.74) is 9.95. The number of rotatable bonds is 4. The summed E-state index contributed by atoms with van der Waals surface area (Å²) in [6.45, 7) is 0. The van der Waals surface area contributed by atoms with Crippen LogP contribution in [0.2, 0.25) is 0 Å². The molecule has 0 saturated heterocycles. The number of fused-ring (bicyclic) bond motifs is 6. The number of hydrogen-bond acceptors (Lipinski definition) is 3. The van der Waals surface area contributed by atoms with Crippen LogP contribution in [-0.4, -0.2) is 14.5 Å². The molecule has 0 spiro atoms. The Balaban J connectivity index is 1.24. The molecule has 0 amide bonds. The summed E-state index contributed by atoms with van der Waals surface area (Å²) in [6, 6.07) is 52.5. The van der Waals surface area contributed by atoms with Crippen molar-refractivity contribution in [1.82, 2.24) is 14.5 Å². The van der Waals surface area contributed by atoms with Crippen LogP contribution in [-0.2, 0) is 0 Å². The number of furan rings is 1. The first-order chi connectivity index (χ1) is 21.8. The third-order valence-electron chi connectivity index (χ3n) is 8.43. The van der Waals surface area contributed by atoms with Crippen molar-refractivity contribution in [2.45, 2.75) is 0 Å². The van der Waals surface area contributed by atoms with Crippen LogP contribution in [0.5, 0.6) is 0 Å². The molecule has 206 valence electrons. The minimum absolute atomic E-state index is 0.646. The zero-order valence-corrected chi connectivity index (χ0v) is 23.7.